The molecule has 0 saturated carbocycles. The number of rotatable bonds is 7. The van der Waals surface area contributed by atoms with Gasteiger partial charge in [-0.1, -0.05) is 13.8 Å². The Bertz CT molecular complexity index is 689. The molecule has 3 rings (SSSR count). The van der Waals surface area contributed by atoms with Crippen molar-refractivity contribution in [3.63, 3.8) is 0 Å². The molecule has 1 amide bonds. The van der Waals surface area contributed by atoms with Crippen LogP contribution in [0.5, 0.6) is 11.5 Å². The number of amides is 1. The fraction of sp³-hybridized carbons (Fsp3) is 0.696. The van der Waals surface area contributed by atoms with Gasteiger partial charge in [-0.25, -0.2) is 0 Å². The molecule has 0 aromatic heterocycles. The molecule has 1 aromatic rings. The summed E-state index contributed by atoms with van der Waals surface area (Å²) in [5.74, 6) is 2.78. The van der Waals surface area contributed by atoms with Crippen LogP contribution in [0.15, 0.2) is 16.6 Å². The molecule has 29 heavy (non-hydrogen) atoms. The molecule has 2 aliphatic heterocycles. The summed E-state index contributed by atoms with van der Waals surface area (Å²) in [6, 6.07) is 3.68. The molecular formula is C23H35BrN2O3. The van der Waals surface area contributed by atoms with Crippen molar-refractivity contribution < 1.29 is 14.3 Å². The Morgan fingerprint density at radius 3 is 2.66 bits per heavy atom. The highest BCUT2D eigenvalue weighted by molar-refractivity contribution is 9.10. The number of benzene rings is 1. The number of nitrogens with zero attached hydrogens (tertiary/aromatic N) is 2. The first-order valence-electron chi connectivity index (χ1n) is 11.0. The van der Waals surface area contributed by atoms with Crippen molar-refractivity contribution >= 4 is 21.8 Å². The van der Waals surface area contributed by atoms with Gasteiger partial charge in [0.05, 0.1) is 18.2 Å². The second-order valence-corrected chi connectivity index (χ2v) is 9.43. The number of piperidine rings is 2. The zero-order chi connectivity index (χ0) is 20.8. The average molecular weight is 467 g/mol. The van der Waals surface area contributed by atoms with Crippen molar-refractivity contribution in [2.45, 2.75) is 46.0 Å². The van der Waals surface area contributed by atoms with Crippen LogP contribution in [-0.2, 0) is 0 Å². The van der Waals surface area contributed by atoms with Crippen molar-refractivity contribution in [3.8, 4) is 11.5 Å². The van der Waals surface area contributed by atoms with Gasteiger partial charge in [-0.3, -0.25) is 4.79 Å². The zero-order valence-corrected chi connectivity index (χ0v) is 19.7. The highest BCUT2D eigenvalue weighted by Crippen LogP contribution is 2.37. The Labute approximate surface area is 183 Å². The SMILES string of the molecule is CCCOc1c(Br)cc(C(=O)N2CCCC(CN3CCC(C)CC3)C2)cc1OC. The van der Waals surface area contributed by atoms with Gasteiger partial charge in [0.1, 0.15) is 0 Å². The van der Waals surface area contributed by atoms with Crippen LogP contribution in [0.2, 0.25) is 0 Å². The molecule has 1 atom stereocenters. The molecule has 2 saturated heterocycles. The summed E-state index contributed by atoms with van der Waals surface area (Å²) >= 11 is 3.56. The molecule has 0 spiro atoms. The van der Waals surface area contributed by atoms with E-state index in [9.17, 15) is 4.79 Å². The summed E-state index contributed by atoms with van der Waals surface area (Å²) in [5, 5.41) is 0. The van der Waals surface area contributed by atoms with Gasteiger partial charge in [0.25, 0.3) is 5.91 Å². The molecule has 5 nitrogen and oxygen atoms in total. The smallest absolute Gasteiger partial charge is 0.254 e. The summed E-state index contributed by atoms with van der Waals surface area (Å²) < 4.78 is 12.1. The highest BCUT2D eigenvalue weighted by atomic mass is 79.9. The van der Waals surface area contributed by atoms with Crippen LogP contribution in [0.4, 0.5) is 0 Å². The Hall–Kier alpha value is -1.27. The predicted octanol–water partition coefficient (Wildman–Crippen LogP) is 4.83. The first-order valence-corrected chi connectivity index (χ1v) is 11.8. The maximum absolute atomic E-state index is 13.2. The Morgan fingerprint density at radius 1 is 1.21 bits per heavy atom. The monoisotopic (exact) mass is 466 g/mol. The summed E-state index contributed by atoms with van der Waals surface area (Å²) in [6.07, 6.45) is 5.82. The van der Waals surface area contributed by atoms with Gasteiger partial charge in [0.15, 0.2) is 11.5 Å². The van der Waals surface area contributed by atoms with E-state index in [-0.39, 0.29) is 5.91 Å². The molecule has 0 bridgehead atoms. The second-order valence-electron chi connectivity index (χ2n) is 8.58. The number of hydrogen-bond donors (Lipinski definition) is 0. The quantitative estimate of drug-likeness (QED) is 0.576. The van der Waals surface area contributed by atoms with Crippen molar-refractivity contribution in [2.75, 3.05) is 46.4 Å². The minimum atomic E-state index is 0.0861. The number of ether oxygens (including phenoxy) is 2. The Balaban J connectivity index is 1.65. The molecule has 6 heteroatoms. The summed E-state index contributed by atoms with van der Waals surface area (Å²) in [5.41, 5.74) is 0.657. The van der Waals surface area contributed by atoms with E-state index in [4.69, 9.17) is 9.47 Å². The number of halogens is 1. The predicted molar refractivity (Wildman–Crippen MR) is 120 cm³/mol. The van der Waals surface area contributed by atoms with E-state index < -0.39 is 0 Å². The fourth-order valence-electron chi connectivity index (χ4n) is 4.38. The number of likely N-dealkylation sites (tertiary alicyclic amines) is 2. The second kappa shape index (κ2) is 10.7. The van der Waals surface area contributed by atoms with Gasteiger partial charge >= 0.3 is 0 Å². The number of carbonyl (C=O) groups is 1. The van der Waals surface area contributed by atoms with Crippen LogP contribution in [0, 0.1) is 11.8 Å². The van der Waals surface area contributed by atoms with E-state index in [1.165, 1.54) is 32.4 Å². The first kappa shape index (κ1) is 22.4. The zero-order valence-electron chi connectivity index (χ0n) is 18.1. The molecule has 162 valence electrons. The van der Waals surface area contributed by atoms with Crippen LogP contribution >= 0.6 is 15.9 Å². The van der Waals surface area contributed by atoms with Crippen LogP contribution in [0.1, 0.15) is 56.3 Å². The topological polar surface area (TPSA) is 42.0 Å². The molecule has 2 fully saturated rings. The lowest BCUT2D eigenvalue weighted by Gasteiger charge is -2.38. The van der Waals surface area contributed by atoms with E-state index in [2.05, 4.69) is 34.7 Å². The Kier molecular flexibility index (Phi) is 8.25. The van der Waals surface area contributed by atoms with Crippen molar-refractivity contribution in [1.82, 2.24) is 9.80 Å². The minimum Gasteiger partial charge on any atom is -0.493 e. The van der Waals surface area contributed by atoms with E-state index in [0.717, 1.165) is 42.9 Å². The van der Waals surface area contributed by atoms with Crippen LogP contribution < -0.4 is 9.47 Å². The number of hydrogen-bond acceptors (Lipinski definition) is 4. The normalized spacial score (nSPS) is 21.2. The van der Waals surface area contributed by atoms with Gasteiger partial charge in [-0.15, -0.1) is 0 Å². The molecule has 2 heterocycles. The van der Waals surface area contributed by atoms with Crippen molar-refractivity contribution in [3.05, 3.63) is 22.2 Å². The average Bonchev–Trinajstić information content (AvgIpc) is 2.73. The molecule has 1 unspecified atom stereocenters. The molecular weight excluding hydrogens is 432 g/mol. The third-order valence-electron chi connectivity index (χ3n) is 6.13. The van der Waals surface area contributed by atoms with Gasteiger partial charge in [-0.2, -0.15) is 0 Å². The lowest BCUT2D eigenvalue weighted by molar-refractivity contribution is 0.0621. The fourth-order valence-corrected chi connectivity index (χ4v) is 4.93. The lowest BCUT2D eigenvalue weighted by Crippen LogP contribution is -2.45. The van der Waals surface area contributed by atoms with Gasteiger partial charge in [0, 0.05) is 25.2 Å². The van der Waals surface area contributed by atoms with Crippen LogP contribution in [-0.4, -0.2) is 62.1 Å². The third-order valence-corrected chi connectivity index (χ3v) is 6.71. The van der Waals surface area contributed by atoms with Crippen LogP contribution in [0.25, 0.3) is 0 Å². The number of carbonyl (C=O) groups excluding carboxylic acids is 1. The summed E-state index contributed by atoms with van der Waals surface area (Å²) in [6.45, 7) is 10.2. The largest absolute Gasteiger partial charge is 0.493 e. The Morgan fingerprint density at radius 2 is 1.97 bits per heavy atom. The van der Waals surface area contributed by atoms with Crippen LogP contribution in [0.3, 0.4) is 0 Å². The molecule has 0 radical (unpaired) electrons. The van der Waals surface area contributed by atoms with Gasteiger partial charge in [0.2, 0.25) is 0 Å². The maximum atomic E-state index is 13.2. The van der Waals surface area contributed by atoms with E-state index in [0.29, 0.717) is 29.6 Å². The van der Waals surface area contributed by atoms with Gasteiger partial charge in [-0.05, 0) is 85.1 Å². The molecule has 2 aliphatic rings. The standard InChI is InChI=1S/C23H35BrN2O3/c1-4-12-29-22-20(24)13-19(14-21(22)28-3)23(27)26-9-5-6-18(16-26)15-25-10-7-17(2)8-11-25/h13-14,17-18H,4-12,15-16H2,1-3H3. The van der Waals surface area contributed by atoms with E-state index >= 15 is 0 Å². The van der Waals surface area contributed by atoms with E-state index in [1.54, 1.807) is 7.11 Å². The molecule has 1 aromatic carbocycles. The molecule has 0 aliphatic carbocycles. The van der Waals surface area contributed by atoms with E-state index in [1.807, 2.05) is 17.0 Å². The summed E-state index contributed by atoms with van der Waals surface area (Å²) in [4.78, 5) is 17.8. The molecule has 0 N–H and O–H groups in total. The van der Waals surface area contributed by atoms with Gasteiger partial charge < -0.3 is 19.3 Å². The lowest BCUT2D eigenvalue weighted by atomic mass is 9.94. The van der Waals surface area contributed by atoms with Crippen molar-refractivity contribution in [1.29, 1.82) is 0 Å². The number of methoxy groups -OCH3 is 1. The third kappa shape index (κ3) is 5.88. The highest BCUT2D eigenvalue weighted by Gasteiger charge is 2.28. The first-order chi connectivity index (χ1) is 14.0. The summed E-state index contributed by atoms with van der Waals surface area (Å²) in [7, 11) is 1.62. The minimum absolute atomic E-state index is 0.0861. The maximum Gasteiger partial charge on any atom is 0.254 e. The van der Waals surface area contributed by atoms with Crippen molar-refractivity contribution in [2.24, 2.45) is 11.8 Å².